The molecule has 0 saturated carbocycles. The molecule has 0 N–H and O–H groups in total. The van der Waals surface area contributed by atoms with E-state index < -0.39 is 5.97 Å². The van der Waals surface area contributed by atoms with Crippen molar-refractivity contribution in [1.82, 2.24) is 4.98 Å². The molecule has 0 aliphatic rings. The van der Waals surface area contributed by atoms with Gasteiger partial charge in [-0.05, 0) is 42.0 Å². The molecule has 0 bridgehead atoms. The Labute approximate surface area is 186 Å². The lowest BCUT2D eigenvalue weighted by Gasteiger charge is -2.17. The molecule has 8 heteroatoms. The van der Waals surface area contributed by atoms with E-state index in [0.717, 1.165) is 16.1 Å². The molecule has 4 aromatic rings. The highest BCUT2D eigenvalue weighted by molar-refractivity contribution is 7.17. The average Bonchev–Trinajstić information content (AvgIpc) is 3.44. The van der Waals surface area contributed by atoms with Crippen LogP contribution < -0.4 is 4.90 Å². The lowest BCUT2D eigenvalue weighted by Crippen LogP contribution is -2.22. The molecule has 31 heavy (non-hydrogen) atoms. The van der Waals surface area contributed by atoms with Crippen LogP contribution in [0.4, 0.5) is 15.2 Å². The van der Waals surface area contributed by atoms with Gasteiger partial charge in [0, 0.05) is 17.2 Å². The molecule has 0 saturated heterocycles. The van der Waals surface area contributed by atoms with Crippen LogP contribution in [0.3, 0.4) is 0 Å². The van der Waals surface area contributed by atoms with Gasteiger partial charge in [0.1, 0.15) is 17.3 Å². The van der Waals surface area contributed by atoms with Gasteiger partial charge in [0.25, 0.3) is 0 Å². The molecule has 0 fully saturated rings. The van der Waals surface area contributed by atoms with Crippen molar-refractivity contribution in [3.63, 3.8) is 0 Å². The maximum atomic E-state index is 13.1. The number of hydrogen-bond acceptors (Lipinski definition) is 6. The van der Waals surface area contributed by atoms with Crippen molar-refractivity contribution in [3.8, 4) is 10.4 Å². The third-order valence-electron chi connectivity index (χ3n) is 4.35. The van der Waals surface area contributed by atoms with Crippen molar-refractivity contribution in [2.75, 3.05) is 4.90 Å². The molecule has 2 aromatic carbocycles. The maximum absolute atomic E-state index is 13.1. The molecule has 156 valence electrons. The van der Waals surface area contributed by atoms with Gasteiger partial charge in [0.15, 0.2) is 5.13 Å². The van der Waals surface area contributed by atoms with Gasteiger partial charge in [0.05, 0.1) is 11.4 Å². The lowest BCUT2D eigenvalue weighted by atomic mass is 10.2. The normalized spacial score (nSPS) is 10.6. The van der Waals surface area contributed by atoms with E-state index in [9.17, 15) is 14.0 Å². The van der Waals surface area contributed by atoms with Gasteiger partial charge >= 0.3 is 5.97 Å². The smallest absolute Gasteiger partial charge is 0.348 e. The molecule has 5 nitrogen and oxygen atoms in total. The van der Waals surface area contributed by atoms with Gasteiger partial charge in [0.2, 0.25) is 5.91 Å². The number of amides is 1. The fourth-order valence-corrected chi connectivity index (χ4v) is 4.67. The zero-order chi connectivity index (χ0) is 21.8. The second kappa shape index (κ2) is 9.20. The summed E-state index contributed by atoms with van der Waals surface area (Å²) in [6.07, 6.45) is 0. The van der Waals surface area contributed by atoms with E-state index in [2.05, 4.69) is 4.98 Å². The highest BCUT2D eigenvalue weighted by atomic mass is 32.1. The SMILES string of the molecule is CC(=O)N(c1ccccc1)c1nc(COC(=O)c2ccc(-c3ccc(F)cc3)s2)cs1. The first-order valence-corrected chi connectivity index (χ1v) is 11.0. The molecule has 0 aliphatic heterocycles. The van der Waals surface area contributed by atoms with Crippen LogP contribution >= 0.6 is 22.7 Å². The number of thiophene rings is 1. The highest BCUT2D eigenvalue weighted by Crippen LogP contribution is 2.30. The quantitative estimate of drug-likeness (QED) is 0.334. The second-order valence-electron chi connectivity index (χ2n) is 6.56. The van der Waals surface area contributed by atoms with Gasteiger partial charge in [-0.1, -0.05) is 30.3 Å². The van der Waals surface area contributed by atoms with Crippen molar-refractivity contribution in [3.05, 3.63) is 88.5 Å². The monoisotopic (exact) mass is 452 g/mol. The van der Waals surface area contributed by atoms with E-state index in [1.165, 1.54) is 46.6 Å². The van der Waals surface area contributed by atoms with E-state index in [0.29, 0.717) is 15.7 Å². The Kier molecular flexibility index (Phi) is 6.20. The minimum Gasteiger partial charge on any atom is -0.455 e. The van der Waals surface area contributed by atoms with Crippen molar-refractivity contribution in [2.45, 2.75) is 13.5 Å². The maximum Gasteiger partial charge on any atom is 0.348 e. The number of anilines is 2. The standard InChI is InChI=1S/C23H17FN2O3S2/c1-15(27)26(19-5-3-2-4-6-19)23-25-18(14-30-23)13-29-22(28)21-12-11-20(31-21)16-7-9-17(24)10-8-16/h2-12,14H,13H2,1H3. The summed E-state index contributed by atoms with van der Waals surface area (Å²) in [5.41, 5.74) is 2.12. The number of ether oxygens (including phenoxy) is 1. The average molecular weight is 453 g/mol. The fraction of sp³-hybridized carbons (Fsp3) is 0.0870. The first kappa shape index (κ1) is 20.9. The van der Waals surface area contributed by atoms with Crippen molar-refractivity contribution in [2.24, 2.45) is 0 Å². The summed E-state index contributed by atoms with van der Waals surface area (Å²) < 4.78 is 18.5. The second-order valence-corrected chi connectivity index (χ2v) is 8.48. The van der Waals surface area contributed by atoms with Crippen LogP contribution in [-0.2, 0) is 16.1 Å². The Morgan fingerprint density at radius 3 is 2.48 bits per heavy atom. The first-order valence-electron chi connectivity index (χ1n) is 9.34. The van der Waals surface area contributed by atoms with Crippen LogP contribution in [0.25, 0.3) is 10.4 Å². The van der Waals surface area contributed by atoms with Crippen LogP contribution in [0.5, 0.6) is 0 Å². The van der Waals surface area contributed by atoms with E-state index >= 15 is 0 Å². The van der Waals surface area contributed by atoms with Gasteiger partial charge < -0.3 is 4.74 Å². The van der Waals surface area contributed by atoms with Crippen molar-refractivity contribution in [1.29, 1.82) is 0 Å². The fourth-order valence-electron chi connectivity index (χ4n) is 2.90. The largest absolute Gasteiger partial charge is 0.455 e. The van der Waals surface area contributed by atoms with E-state index in [-0.39, 0.29) is 18.3 Å². The molecule has 0 radical (unpaired) electrons. The molecule has 2 aromatic heterocycles. The number of hydrogen-bond donors (Lipinski definition) is 0. The zero-order valence-electron chi connectivity index (χ0n) is 16.4. The molecule has 0 spiro atoms. The summed E-state index contributed by atoms with van der Waals surface area (Å²) in [5.74, 6) is -0.923. The highest BCUT2D eigenvalue weighted by Gasteiger charge is 2.18. The number of thiazole rings is 1. The Morgan fingerprint density at radius 1 is 1.03 bits per heavy atom. The Hall–Kier alpha value is -3.36. The van der Waals surface area contributed by atoms with Crippen LogP contribution in [0.2, 0.25) is 0 Å². The molecule has 4 rings (SSSR count). The third-order valence-corrected chi connectivity index (χ3v) is 6.34. The van der Waals surface area contributed by atoms with Gasteiger partial charge in [-0.25, -0.2) is 14.2 Å². The Morgan fingerprint density at radius 2 is 1.77 bits per heavy atom. The van der Waals surface area contributed by atoms with Crippen LogP contribution in [0, 0.1) is 5.82 Å². The third kappa shape index (κ3) is 4.87. The van der Waals surface area contributed by atoms with Crippen LogP contribution in [-0.4, -0.2) is 16.9 Å². The van der Waals surface area contributed by atoms with Gasteiger partial charge in [-0.3, -0.25) is 9.69 Å². The summed E-state index contributed by atoms with van der Waals surface area (Å²) >= 11 is 2.58. The molecular formula is C23H17FN2O3S2. The Bertz CT molecular complexity index is 1200. The van der Waals surface area contributed by atoms with E-state index in [1.54, 1.807) is 29.6 Å². The van der Waals surface area contributed by atoms with Crippen LogP contribution in [0.1, 0.15) is 22.3 Å². The van der Waals surface area contributed by atoms with Crippen LogP contribution in [0.15, 0.2) is 72.1 Å². The molecule has 1 amide bonds. The zero-order valence-corrected chi connectivity index (χ0v) is 18.1. The number of halogens is 1. The number of rotatable bonds is 6. The van der Waals surface area contributed by atoms with E-state index in [4.69, 9.17) is 4.74 Å². The molecule has 2 heterocycles. The number of carbonyl (C=O) groups is 2. The number of para-hydroxylation sites is 1. The molecule has 0 unspecified atom stereocenters. The minimum absolute atomic E-state index is 0.000348. The topological polar surface area (TPSA) is 59.5 Å². The molecule has 0 aliphatic carbocycles. The Balaban J connectivity index is 1.42. The number of benzene rings is 2. The number of carbonyl (C=O) groups excluding carboxylic acids is 2. The lowest BCUT2D eigenvalue weighted by molar-refractivity contribution is -0.115. The summed E-state index contributed by atoms with van der Waals surface area (Å²) in [4.78, 5) is 31.8. The minimum atomic E-state index is -0.459. The number of aromatic nitrogens is 1. The summed E-state index contributed by atoms with van der Waals surface area (Å²) in [5, 5.41) is 2.28. The van der Waals surface area contributed by atoms with Crippen molar-refractivity contribution >= 4 is 45.4 Å². The summed E-state index contributed by atoms with van der Waals surface area (Å²) in [6.45, 7) is 1.48. The predicted octanol–water partition coefficient (Wildman–Crippen LogP) is 6.05. The number of esters is 1. The summed E-state index contributed by atoms with van der Waals surface area (Å²) in [6, 6.07) is 18.8. The van der Waals surface area contributed by atoms with E-state index in [1.807, 2.05) is 30.3 Å². The molecular weight excluding hydrogens is 435 g/mol. The number of nitrogens with zero attached hydrogens (tertiary/aromatic N) is 2. The molecule has 0 atom stereocenters. The van der Waals surface area contributed by atoms with Crippen molar-refractivity contribution < 1.29 is 18.7 Å². The van der Waals surface area contributed by atoms with Gasteiger partial charge in [-0.15, -0.1) is 22.7 Å². The first-order chi connectivity index (χ1) is 15.0. The van der Waals surface area contributed by atoms with Gasteiger partial charge in [-0.2, -0.15) is 0 Å². The predicted molar refractivity (Wildman–Crippen MR) is 120 cm³/mol. The summed E-state index contributed by atoms with van der Waals surface area (Å²) in [7, 11) is 0.